The number of nitrogen functional groups attached to an aromatic ring is 1. The number of hydrogen-bond donors (Lipinski definition) is 2. The summed E-state index contributed by atoms with van der Waals surface area (Å²) in [6, 6.07) is 3.32. The van der Waals surface area contributed by atoms with Crippen LogP contribution in [0.1, 0.15) is 27.7 Å². The molecular formula is C13H21N3O4S. The largest absolute Gasteiger partial charge is 0.397 e. The van der Waals surface area contributed by atoms with Gasteiger partial charge in [0.15, 0.2) is 0 Å². The van der Waals surface area contributed by atoms with Crippen molar-refractivity contribution in [3.8, 4) is 0 Å². The summed E-state index contributed by atoms with van der Waals surface area (Å²) in [4.78, 5) is 9.86. The molecule has 21 heavy (non-hydrogen) atoms. The lowest BCUT2D eigenvalue weighted by Gasteiger charge is -2.29. The molecule has 7 nitrogen and oxygen atoms in total. The third-order valence-corrected chi connectivity index (χ3v) is 5.25. The summed E-state index contributed by atoms with van der Waals surface area (Å²) < 4.78 is 27.0. The fourth-order valence-electron chi connectivity index (χ4n) is 1.46. The lowest BCUT2D eigenvalue weighted by molar-refractivity contribution is -0.384. The number of hydrogen-bond acceptors (Lipinski definition) is 5. The molecule has 1 rings (SSSR count). The molecule has 8 heteroatoms. The minimum atomic E-state index is -3.80. The second kappa shape index (κ2) is 5.98. The van der Waals surface area contributed by atoms with Crippen LogP contribution in [0.25, 0.3) is 0 Å². The van der Waals surface area contributed by atoms with Crippen molar-refractivity contribution in [3.63, 3.8) is 0 Å². The van der Waals surface area contributed by atoms with Crippen molar-refractivity contribution in [2.45, 2.75) is 32.6 Å². The first-order chi connectivity index (χ1) is 9.47. The molecular weight excluding hydrogens is 294 g/mol. The summed E-state index contributed by atoms with van der Waals surface area (Å²) in [5, 5.41) is 10.6. The van der Waals surface area contributed by atoms with E-state index in [2.05, 4.69) is 4.72 Å². The van der Waals surface area contributed by atoms with E-state index in [0.29, 0.717) is 0 Å². The minimum Gasteiger partial charge on any atom is -0.397 e. The fourth-order valence-corrected chi connectivity index (χ4v) is 2.79. The maximum Gasteiger partial charge on any atom is 0.271 e. The van der Waals surface area contributed by atoms with Gasteiger partial charge in [0.2, 0.25) is 10.0 Å². The first kappa shape index (κ1) is 17.4. The van der Waals surface area contributed by atoms with Crippen LogP contribution in [-0.2, 0) is 10.0 Å². The molecule has 118 valence electrons. The van der Waals surface area contributed by atoms with Crippen molar-refractivity contribution in [1.29, 1.82) is 0 Å². The maximum absolute atomic E-state index is 12.2. The molecule has 0 aliphatic carbocycles. The molecule has 0 amide bonds. The summed E-state index contributed by atoms with van der Waals surface area (Å²) in [5.74, 6) is 0.286. The molecule has 1 aromatic carbocycles. The fraction of sp³-hybridized carbons (Fsp3) is 0.538. The summed E-state index contributed by atoms with van der Waals surface area (Å²) in [5.41, 5.74) is 5.02. The van der Waals surface area contributed by atoms with Gasteiger partial charge in [0, 0.05) is 18.7 Å². The second-order valence-electron chi connectivity index (χ2n) is 5.95. The number of nitro benzene ring substituents is 1. The summed E-state index contributed by atoms with van der Waals surface area (Å²) >= 11 is 0. The predicted molar refractivity (Wildman–Crippen MR) is 81.3 cm³/mol. The van der Waals surface area contributed by atoms with E-state index >= 15 is 0 Å². The predicted octanol–water partition coefficient (Wildman–Crippen LogP) is 2.14. The highest BCUT2D eigenvalue weighted by Crippen LogP contribution is 2.27. The van der Waals surface area contributed by atoms with Crippen LogP contribution in [0, 0.1) is 21.4 Å². The highest BCUT2D eigenvalue weighted by molar-refractivity contribution is 7.89. The van der Waals surface area contributed by atoms with Gasteiger partial charge in [-0.15, -0.1) is 0 Å². The number of nitrogens with one attached hydrogen (secondary N) is 1. The van der Waals surface area contributed by atoms with Crippen molar-refractivity contribution >= 4 is 21.4 Å². The van der Waals surface area contributed by atoms with Gasteiger partial charge < -0.3 is 5.73 Å². The monoisotopic (exact) mass is 315 g/mol. The molecule has 0 aliphatic rings. The molecule has 0 aromatic heterocycles. The highest BCUT2D eigenvalue weighted by atomic mass is 32.2. The number of nitro groups is 1. The van der Waals surface area contributed by atoms with Crippen LogP contribution in [0.15, 0.2) is 23.1 Å². The van der Waals surface area contributed by atoms with Crippen LogP contribution >= 0.6 is 0 Å². The Morgan fingerprint density at radius 2 is 1.95 bits per heavy atom. The van der Waals surface area contributed by atoms with Gasteiger partial charge in [0.05, 0.1) is 10.6 Å². The molecule has 1 aromatic rings. The average Bonchev–Trinajstić information content (AvgIpc) is 2.36. The van der Waals surface area contributed by atoms with E-state index in [-0.39, 0.29) is 34.1 Å². The van der Waals surface area contributed by atoms with Crippen LogP contribution in [-0.4, -0.2) is 19.9 Å². The topological polar surface area (TPSA) is 115 Å². The van der Waals surface area contributed by atoms with Crippen LogP contribution < -0.4 is 10.5 Å². The Bertz CT molecular complexity index is 639. The number of sulfonamides is 1. The molecule has 0 unspecified atom stereocenters. The van der Waals surface area contributed by atoms with E-state index in [1.807, 2.05) is 27.7 Å². The van der Waals surface area contributed by atoms with Gasteiger partial charge in [-0.05, 0) is 17.4 Å². The van der Waals surface area contributed by atoms with E-state index in [0.717, 1.165) is 18.2 Å². The Balaban J connectivity index is 3.02. The first-order valence-electron chi connectivity index (χ1n) is 6.51. The zero-order valence-electron chi connectivity index (χ0n) is 12.6. The van der Waals surface area contributed by atoms with Crippen LogP contribution in [0.3, 0.4) is 0 Å². The van der Waals surface area contributed by atoms with Crippen molar-refractivity contribution in [1.82, 2.24) is 4.72 Å². The van der Waals surface area contributed by atoms with E-state index < -0.39 is 14.9 Å². The van der Waals surface area contributed by atoms with Crippen molar-refractivity contribution in [3.05, 3.63) is 28.3 Å². The van der Waals surface area contributed by atoms with E-state index in [1.54, 1.807) is 0 Å². The van der Waals surface area contributed by atoms with Crippen LogP contribution in [0.2, 0.25) is 0 Å². The Morgan fingerprint density at radius 3 is 2.38 bits per heavy atom. The third-order valence-electron chi connectivity index (χ3n) is 3.77. The summed E-state index contributed by atoms with van der Waals surface area (Å²) in [6.07, 6.45) is 0. The number of non-ortho nitro benzene ring substituents is 1. The highest BCUT2D eigenvalue weighted by Gasteiger charge is 2.26. The first-order valence-corrected chi connectivity index (χ1v) is 7.99. The van der Waals surface area contributed by atoms with Gasteiger partial charge in [0.1, 0.15) is 4.90 Å². The molecule has 0 aliphatic heterocycles. The molecule has 0 bridgehead atoms. The number of rotatable bonds is 6. The Hall–Kier alpha value is -1.67. The Morgan fingerprint density at radius 1 is 1.38 bits per heavy atom. The number of nitrogens with zero attached hydrogens (tertiary/aromatic N) is 1. The van der Waals surface area contributed by atoms with Gasteiger partial charge in [-0.1, -0.05) is 27.7 Å². The molecule has 0 heterocycles. The lowest BCUT2D eigenvalue weighted by Crippen LogP contribution is -2.37. The third kappa shape index (κ3) is 4.15. The molecule has 0 saturated carbocycles. The zero-order chi connectivity index (χ0) is 16.4. The number of benzene rings is 1. The molecule has 0 atom stereocenters. The number of nitrogens with two attached hydrogens (primary N) is 1. The Kier molecular flexibility index (Phi) is 4.95. The quantitative estimate of drug-likeness (QED) is 0.474. The molecule has 0 saturated heterocycles. The van der Waals surface area contributed by atoms with Gasteiger partial charge in [-0.25, -0.2) is 13.1 Å². The minimum absolute atomic E-state index is 0.140. The van der Waals surface area contributed by atoms with Gasteiger partial charge in [-0.2, -0.15) is 0 Å². The average molecular weight is 315 g/mol. The normalized spacial score (nSPS) is 12.6. The Labute approximate surface area is 124 Å². The molecule has 0 spiro atoms. The van der Waals surface area contributed by atoms with Crippen LogP contribution in [0.4, 0.5) is 11.4 Å². The smallest absolute Gasteiger partial charge is 0.271 e. The summed E-state index contributed by atoms with van der Waals surface area (Å²) in [7, 11) is -3.80. The molecule has 3 N–H and O–H groups in total. The van der Waals surface area contributed by atoms with Gasteiger partial charge >= 0.3 is 0 Å². The van der Waals surface area contributed by atoms with Gasteiger partial charge in [-0.3, -0.25) is 10.1 Å². The number of anilines is 1. The standard InChI is InChI=1S/C13H21N3O4S/c1-9(2)13(3,4)8-15-21(19,20)12-6-5-10(16(17)18)7-11(12)14/h5-7,9,15H,8,14H2,1-4H3. The van der Waals surface area contributed by atoms with E-state index in [1.165, 1.54) is 0 Å². The van der Waals surface area contributed by atoms with E-state index in [9.17, 15) is 18.5 Å². The second-order valence-corrected chi connectivity index (χ2v) is 7.68. The van der Waals surface area contributed by atoms with E-state index in [4.69, 9.17) is 5.73 Å². The maximum atomic E-state index is 12.2. The van der Waals surface area contributed by atoms with Crippen molar-refractivity contribution in [2.75, 3.05) is 12.3 Å². The molecule has 0 radical (unpaired) electrons. The summed E-state index contributed by atoms with van der Waals surface area (Å²) in [6.45, 7) is 8.19. The molecule has 0 fully saturated rings. The van der Waals surface area contributed by atoms with Crippen molar-refractivity contribution < 1.29 is 13.3 Å². The van der Waals surface area contributed by atoms with Crippen LogP contribution in [0.5, 0.6) is 0 Å². The lowest BCUT2D eigenvalue weighted by atomic mass is 9.81. The van der Waals surface area contributed by atoms with Crippen molar-refractivity contribution in [2.24, 2.45) is 11.3 Å². The zero-order valence-corrected chi connectivity index (χ0v) is 13.4. The SMILES string of the molecule is CC(C)C(C)(C)CNS(=O)(=O)c1ccc([N+](=O)[O-])cc1N. The van der Waals surface area contributed by atoms with Gasteiger partial charge in [0.25, 0.3) is 5.69 Å².